The number of fused-ring (bicyclic) bond motifs is 1. The largest absolute Gasteiger partial charge is 0.485 e. The highest BCUT2D eigenvalue weighted by Crippen LogP contribution is 2.35. The van der Waals surface area contributed by atoms with Gasteiger partial charge in [0.25, 0.3) is 0 Å². The minimum atomic E-state index is -0.0302. The predicted octanol–water partition coefficient (Wildman–Crippen LogP) is 4.04. The highest BCUT2D eigenvalue weighted by Gasteiger charge is 2.22. The molecule has 1 aliphatic heterocycles. The number of para-hydroxylation sites is 2. The molecule has 0 spiro atoms. The highest BCUT2D eigenvalue weighted by atomic mass is 16.6. The first-order chi connectivity index (χ1) is 10.8. The summed E-state index contributed by atoms with van der Waals surface area (Å²) in [5.74, 6) is 1.66. The van der Waals surface area contributed by atoms with Crippen LogP contribution >= 0.6 is 0 Å². The van der Waals surface area contributed by atoms with E-state index in [4.69, 9.17) is 9.47 Å². The summed E-state index contributed by atoms with van der Waals surface area (Å²) in [5, 5.41) is 0. The highest BCUT2D eigenvalue weighted by molar-refractivity contribution is 5.41. The van der Waals surface area contributed by atoms with Crippen molar-refractivity contribution in [2.75, 3.05) is 19.7 Å². The maximum Gasteiger partial charge on any atom is 0.162 e. The summed E-state index contributed by atoms with van der Waals surface area (Å²) in [7, 11) is 0. The third kappa shape index (κ3) is 3.25. The Kier molecular flexibility index (Phi) is 4.64. The fraction of sp³-hybridized carbons (Fsp3) is 0.368. The summed E-state index contributed by atoms with van der Waals surface area (Å²) in [4.78, 5) is 2.41. The van der Waals surface area contributed by atoms with E-state index in [1.807, 2.05) is 24.3 Å². The Morgan fingerprint density at radius 3 is 2.32 bits per heavy atom. The van der Waals surface area contributed by atoms with Crippen molar-refractivity contribution in [3.05, 3.63) is 59.7 Å². The Labute approximate surface area is 132 Å². The van der Waals surface area contributed by atoms with E-state index in [9.17, 15) is 0 Å². The molecule has 1 heterocycles. The first-order valence-electron chi connectivity index (χ1n) is 7.99. The molecule has 3 rings (SSSR count). The van der Waals surface area contributed by atoms with Crippen molar-refractivity contribution in [2.45, 2.75) is 26.5 Å². The van der Waals surface area contributed by atoms with Crippen LogP contribution < -0.4 is 9.47 Å². The van der Waals surface area contributed by atoms with Crippen LogP contribution in [0.2, 0.25) is 0 Å². The van der Waals surface area contributed by atoms with Gasteiger partial charge in [0.1, 0.15) is 6.61 Å². The average molecular weight is 297 g/mol. The molecule has 3 heteroatoms. The molecule has 0 amide bonds. The van der Waals surface area contributed by atoms with Gasteiger partial charge in [-0.2, -0.15) is 0 Å². The molecule has 1 aliphatic rings. The van der Waals surface area contributed by atoms with Gasteiger partial charge in [0, 0.05) is 6.54 Å². The summed E-state index contributed by atoms with van der Waals surface area (Å²) in [6, 6.07) is 16.5. The van der Waals surface area contributed by atoms with Crippen molar-refractivity contribution in [2.24, 2.45) is 0 Å². The second kappa shape index (κ2) is 6.84. The molecular weight excluding hydrogens is 274 g/mol. The van der Waals surface area contributed by atoms with Crippen LogP contribution in [0.25, 0.3) is 0 Å². The fourth-order valence-electron chi connectivity index (χ4n) is 2.73. The zero-order valence-electron chi connectivity index (χ0n) is 13.3. The fourth-order valence-corrected chi connectivity index (χ4v) is 2.73. The van der Waals surface area contributed by atoms with Gasteiger partial charge < -0.3 is 9.47 Å². The molecule has 0 N–H and O–H groups in total. The molecule has 2 aromatic carbocycles. The van der Waals surface area contributed by atoms with Gasteiger partial charge in [0.05, 0.1) is 0 Å². The van der Waals surface area contributed by atoms with Crippen LogP contribution in [0.5, 0.6) is 11.5 Å². The van der Waals surface area contributed by atoms with E-state index in [-0.39, 0.29) is 6.10 Å². The third-order valence-electron chi connectivity index (χ3n) is 4.16. The van der Waals surface area contributed by atoms with Crippen LogP contribution in [0.4, 0.5) is 0 Å². The number of hydrogen-bond donors (Lipinski definition) is 0. The summed E-state index contributed by atoms with van der Waals surface area (Å²) in [6.45, 7) is 8.11. The second-order valence-corrected chi connectivity index (χ2v) is 5.57. The van der Waals surface area contributed by atoms with E-state index in [2.05, 4.69) is 43.0 Å². The topological polar surface area (TPSA) is 21.7 Å². The molecule has 0 saturated carbocycles. The Balaban J connectivity index is 1.69. The quantitative estimate of drug-likeness (QED) is 0.831. The lowest BCUT2D eigenvalue weighted by Crippen LogP contribution is -2.23. The van der Waals surface area contributed by atoms with Crippen LogP contribution in [0, 0.1) is 0 Å². The molecule has 0 aromatic heterocycles. The molecule has 0 saturated heterocycles. The minimum absolute atomic E-state index is 0.0302. The molecule has 22 heavy (non-hydrogen) atoms. The number of benzene rings is 2. The maximum atomic E-state index is 6.05. The van der Waals surface area contributed by atoms with Crippen molar-refractivity contribution in [1.29, 1.82) is 0 Å². The second-order valence-electron chi connectivity index (χ2n) is 5.57. The van der Waals surface area contributed by atoms with Gasteiger partial charge in [-0.1, -0.05) is 50.2 Å². The van der Waals surface area contributed by atoms with Gasteiger partial charge in [-0.05, 0) is 36.3 Å². The van der Waals surface area contributed by atoms with Crippen LogP contribution in [-0.2, 0) is 6.54 Å². The SMILES string of the molecule is CCN(CC)Cc1ccc(C2COc3ccccc3O2)cc1. The van der Waals surface area contributed by atoms with Crippen LogP contribution in [-0.4, -0.2) is 24.6 Å². The summed E-state index contributed by atoms with van der Waals surface area (Å²) < 4.78 is 11.8. The summed E-state index contributed by atoms with van der Waals surface area (Å²) in [5.41, 5.74) is 2.50. The molecular formula is C19H23NO2. The lowest BCUT2D eigenvalue weighted by molar-refractivity contribution is 0.0913. The normalized spacial score (nSPS) is 16.8. The monoisotopic (exact) mass is 297 g/mol. The van der Waals surface area contributed by atoms with Gasteiger partial charge in [-0.15, -0.1) is 0 Å². The molecule has 1 atom stereocenters. The number of hydrogen-bond acceptors (Lipinski definition) is 3. The molecule has 116 valence electrons. The third-order valence-corrected chi connectivity index (χ3v) is 4.16. The maximum absolute atomic E-state index is 6.05. The number of ether oxygens (including phenoxy) is 2. The molecule has 0 aliphatic carbocycles. The molecule has 0 radical (unpaired) electrons. The average Bonchev–Trinajstić information content (AvgIpc) is 2.60. The smallest absolute Gasteiger partial charge is 0.162 e. The lowest BCUT2D eigenvalue weighted by Gasteiger charge is -2.27. The van der Waals surface area contributed by atoms with E-state index in [1.54, 1.807) is 0 Å². The molecule has 3 nitrogen and oxygen atoms in total. The Hall–Kier alpha value is -2.00. The van der Waals surface area contributed by atoms with Gasteiger partial charge in [0.2, 0.25) is 0 Å². The molecule has 0 fully saturated rings. The molecule has 2 aromatic rings. The minimum Gasteiger partial charge on any atom is -0.485 e. The number of nitrogens with zero attached hydrogens (tertiary/aromatic N) is 1. The van der Waals surface area contributed by atoms with E-state index in [0.29, 0.717) is 6.61 Å². The standard InChI is InChI=1S/C19H23NO2/c1-3-20(4-2)13-15-9-11-16(12-10-15)19-14-21-17-7-5-6-8-18(17)22-19/h5-12,19H,3-4,13-14H2,1-2H3. The molecule has 0 bridgehead atoms. The van der Waals surface area contributed by atoms with E-state index >= 15 is 0 Å². The number of rotatable bonds is 5. The van der Waals surface area contributed by atoms with Gasteiger partial charge >= 0.3 is 0 Å². The van der Waals surface area contributed by atoms with E-state index in [0.717, 1.165) is 36.7 Å². The van der Waals surface area contributed by atoms with E-state index in [1.165, 1.54) is 5.56 Å². The van der Waals surface area contributed by atoms with Gasteiger partial charge in [0.15, 0.2) is 17.6 Å². The lowest BCUT2D eigenvalue weighted by atomic mass is 10.1. The van der Waals surface area contributed by atoms with Crippen LogP contribution in [0.15, 0.2) is 48.5 Å². The molecule has 1 unspecified atom stereocenters. The van der Waals surface area contributed by atoms with Crippen molar-refractivity contribution in [3.63, 3.8) is 0 Å². The first kappa shape index (κ1) is 14.9. The zero-order valence-corrected chi connectivity index (χ0v) is 13.3. The van der Waals surface area contributed by atoms with Crippen molar-refractivity contribution < 1.29 is 9.47 Å². The van der Waals surface area contributed by atoms with Crippen LogP contribution in [0.1, 0.15) is 31.1 Å². The zero-order chi connectivity index (χ0) is 15.4. The Bertz CT molecular complexity index is 605. The first-order valence-corrected chi connectivity index (χ1v) is 7.99. The van der Waals surface area contributed by atoms with E-state index < -0.39 is 0 Å². The van der Waals surface area contributed by atoms with Crippen LogP contribution in [0.3, 0.4) is 0 Å². The predicted molar refractivity (Wildman–Crippen MR) is 88.4 cm³/mol. The summed E-state index contributed by atoms with van der Waals surface area (Å²) >= 11 is 0. The summed E-state index contributed by atoms with van der Waals surface area (Å²) in [6.07, 6.45) is -0.0302. The van der Waals surface area contributed by atoms with Crippen molar-refractivity contribution >= 4 is 0 Å². The van der Waals surface area contributed by atoms with Crippen molar-refractivity contribution in [3.8, 4) is 11.5 Å². The Morgan fingerprint density at radius 2 is 1.64 bits per heavy atom. The van der Waals surface area contributed by atoms with Gasteiger partial charge in [-0.3, -0.25) is 4.90 Å². The van der Waals surface area contributed by atoms with Gasteiger partial charge in [-0.25, -0.2) is 0 Å². The van der Waals surface area contributed by atoms with Crippen molar-refractivity contribution in [1.82, 2.24) is 4.90 Å². The Morgan fingerprint density at radius 1 is 0.955 bits per heavy atom.